The van der Waals surface area contributed by atoms with Gasteiger partial charge in [-0.3, -0.25) is 9.48 Å². The zero-order chi connectivity index (χ0) is 33.2. The van der Waals surface area contributed by atoms with Gasteiger partial charge in [0, 0.05) is 28.1 Å². The van der Waals surface area contributed by atoms with Crippen molar-refractivity contribution in [3.05, 3.63) is 70.5 Å². The molecular formula is C38H49N5O3S. The number of hydrogen-bond donors (Lipinski definition) is 1. The normalized spacial score (nSPS) is 14.7. The van der Waals surface area contributed by atoms with Gasteiger partial charge in [-0.1, -0.05) is 32.8 Å². The third kappa shape index (κ3) is 6.50. The lowest BCUT2D eigenvalue weighted by Gasteiger charge is -2.28. The topological polar surface area (TPSA) is 73.6 Å². The number of ether oxygens (including phenoxy) is 1. The highest BCUT2D eigenvalue weighted by Gasteiger charge is 2.31. The van der Waals surface area contributed by atoms with Crippen LogP contribution in [0.2, 0.25) is 0 Å². The summed E-state index contributed by atoms with van der Waals surface area (Å²) in [5.41, 5.74) is 12.8. The molecule has 47 heavy (non-hydrogen) atoms. The number of nitrogens with one attached hydrogen (secondary N) is 1. The highest BCUT2D eigenvalue weighted by Crippen LogP contribution is 2.47. The maximum Gasteiger partial charge on any atom is 0.275 e. The third-order valence-electron chi connectivity index (χ3n) is 9.94. The summed E-state index contributed by atoms with van der Waals surface area (Å²) >= 11 is 1.13. The fourth-order valence-corrected chi connectivity index (χ4v) is 7.48. The number of allylic oxidation sites excluding steroid dienone is 1. The number of rotatable bonds is 13. The summed E-state index contributed by atoms with van der Waals surface area (Å²) in [7, 11) is 3.67. The van der Waals surface area contributed by atoms with Gasteiger partial charge < -0.3 is 9.30 Å². The molecule has 0 saturated heterocycles. The molecule has 9 heteroatoms. The Hall–Kier alpha value is -3.53. The zero-order valence-corrected chi connectivity index (χ0v) is 29.7. The lowest BCUT2D eigenvalue weighted by Crippen LogP contribution is -2.25. The SMILES string of the molecule is CCCC(CCC)c1c2n(c3cc(C(=O)NOSN(C)C(C)C)ccc13)CC(c1c(C)cnn1C1CCC1)=Cc1cc(OC)ccc1-2. The smallest absolute Gasteiger partial charge is 0.275 e. The van der Waals surface area contributed by atoms with Gasteiger partial charge in [-0.15, -0.1) is 0 Å². The number of methoxy groups -OCH3 is 1. The van der Waals surface area contributed by atoms with Gasteiger partial charge in [0.25, 0.3) is 5.91 Å². The molecule has 3 heterocycles. The Labute approximate surface area is 283 Å². The Kier molecular flexibility index (Phi) is 10.2. The first-order valence-electron chi connectivity index (χ1n) is 17.2. The van der Waals surface area contributed by atoms with Crippen molar-refractivity contribution in [1.82, 2.24) is 24.1 Å². The molecule has 0 radical (unpaired) electrons. The first kappa shape index (κ1) is 33.4. The number of benzene rings is 2. The van der Waals surface area contributed by atoms with Crippen LogP contribution in [0.4, 0.5) is 0 Å². The molecule has 4 aromatic rings. The summed E-state index contributed by atoms with van der Waals surface area (Å²) in [4.78, 5) is 13.4. The molecule has 1 aliphatic carbocycles. The highest BCUT2D eigenvalue weighted by atomic mass is 32.2. The summed E-state index contributed by atoms with van der Waals surface area (Å²) in [5.74, 6) is 0.975. The molecule has 1 aliphatic heterocycles. The number of aromatic nitrogens is 3. The van der Waals surface area contributed by atoms with Gasteiger partial charge in [0.1, 0.15) is 18.0 Å². The van der Waals surface area contributed by atoms with Crippen LogP contribution in [0, 0.1) is 6.92 Å². The van der Waals surface area contributed by atoms with Crippen molar-refractivity contribution in [2.24, 2.45) is 0 Å². The predicted octanol–water partition coefficient (Wildman–Crippen LogP) is 9.35. The monoisotopic (exact) mass is 655 g/mol. The van der Waals surface area contributed by atoms with E-state index >= 15 is 0 Å². The van der Waals surface area contributed by atoms with Crippen LogP contribution in [0.15, 0.2) is 42.6 Å². The Morgan fingerprint density at radius 2 is 1.87 bits per heavy atom. The van der Waals surface area contributed by atoms with E-state index in [1.54, 1.807) is 7.11 Å². The maximum absolute atomic E-state index is 13.4. The van der Waals surface area contributed by atoms with E-state index in [1.807, 2.05) is 23.6 Å². The van der Waals surface area contributed by atoms with E-state index in [2.05, 4.69) is 85.8 Å². The molecule has 0 bridgehead atoms. The van der Waals surface area contributed by atoms with E-state index in [1.165, 1.54) is 45.5 Å². The van der Waals surface area contributed by atoms with E-state index in [4.69, 9.17) is 14.1 Å². The van der Waals surface area contributed by atoms with Crippen LogP contribution in [0.5, 0.6) is 5.75 Å². The van der Waals surface area contributed by atoms with Crippen molar-refractivity contribution in [1.29, 1.82) is 0 Å². The summed E-state index contributed by atoms with van der Waals surface area (Å²) in [5, 5.41) is 6.11. The fourth-order valence-electron chi connectivity index (χ4n) is 7.08. The molecule has 6 rings (SSSR count). The van der Waals surface area contributed by atoms with Crippen molar-refractivity contribution in [2.75, 3.05) is 14.2 Å². The maximum atomic E-state index is 13.4. The van der Waals surface area contributed by atoms with Crippen molar-refractivity contribution in [3.8, 4) is 17.0 Å². The van der Waals surface area contributed by atoms with E-state index in [0.717, 1.165) is 67.6 Å². The fraction of sp³-hybridized carbons (Fsp3) is 0.474. The molecule has 1 amide bonds. The minimum Gasteiger partial charge on any atom is -0.497 e. The lowest BCUT2D eigenvalue weighted by atomic mass is 9.86. The van der Waals surface area contributed by atoms with Crippen LogP contribution in [-0.2, 0) is 10.8 Å². The first-order chi connectivity index (χ1) is 22.7. The average Bonchev–Trinajstić information content (AvgIpc) is 3.50. The number of nitrogens with zero attached hydrogens (tertiary/aromatic N) is 4. The van der Waals surface area contributed by atoms with Crippen molar-refractivity contribution >= 4 is 40.7 Å². The predicted molar refractivity (Wildman–Crippen MR) is 193 cm³/mol. The minimum absolute atomic E-state index is 0.263. The molecule has 0 spiro atoms. The third-order valence-corrected chi connectivity index (χ3v) is 10.8. The molecule has 0 atom stereocenters. The quantitative estimate of drug-likeness (QED) is 0.0879. The lowest BCUT2D eigenvalue weighted by molar-refractivity contribution is 0.0788. The van der Waals surface area contributed by atoms with Gasteiger partial charge in [0.15, 0.2) is 0 Å². The van der Waals surface area contributed by atoms with Crippen LogP contribution in [0.1, 0.15) is 117 Å². The summed E-state index contributed by atoms with van der Waals surface area (Å²) in [6.45, 7) is 11.5. The second kappa shape index (κ2) is 14.3. The van der Waals surface area contributed by atoms with Crippen molar-refractivity contribution in [2.45, 2.75) is 104 Å². The molecular weight excluding hydrogens is 607 g/mol. The summed E-state index contributed by atoms with van der Waals surface area (Å²) in [6, 6.07) is 13.3. The van der Waals surface area contributed by atoms with Crippen LogP contribution in [-0.4, -0.2) is 44.8 Å². The Bertz CT molecular complexity index is 1780. The van der Waals surface area contributed by atoms with Gasteiger partial charge in [0.2, 0.25) is 0 Å². The van der Waals surface area contributed by atoms with Gasteiger partial charge in [-0.25, -0.2) is 9.79 Å². The number of fused-ring (bicyclic) bond motifs is 5. The Balaban J connectivity index is 1.55. The summed E-state index contributed by atoms with van der Waals surface area (Å²) in [6.07, 6.45) is 12.4. The molecule has 250 valence electrons. The second-order valence-corrected chi connectivity index (χ2v) is 14.3. The molecule has 2 aromatic heterocycles. The molecule has 1 fully saturated rings. The standard InChI is InChI=1S/C38H49N5O3S/c1-8-11-26(12-9-2)35-33-17-15-27(38(44)40-46-47-41(6)24(3)4)21-34(33)42-23-29(36-25(5)22-39-43(36)30-13-10-14-30)19-28-20-31(45-7)16-18-32(28)37(35)42/h15-22,24,26,30H,8-14,23H2,1-7H3,(H,40,44). The van der Waals surface area contributed by atoms with Gasteiger partial charge in [-0.2, -0.15) is 9.38 Å². The average molecular weight is 656 g/mol. The minimum atomic E-state index is -0.263. The van der Waals surface area contributed by atoms with Crippen LogP contribution < -0.4 is 10.2 Å². The van der Waals surface area contributed by atoms with Gasteiger partial charge in [0.05, 0.1) is 37.3 Å². The van der Waals surface area contributed by atoms with Gasteiger partial charge >= 0.3 is 0 Å². The molecule has 8 nitrogen and oxygen atoms in total. The van der Waals surface area contributed by atoms with E-state index in [9.17, 15) is 4.79 Å². The second-order valence-electron chi connectivity index (χ2n) is 13.4. The van der Waals surface area contributed by atoms with Crippen LogP contribution in [0.3, 0.4) is 0 Å². The number of amides is 1. The number of hydrogen-bond acceptors (Lipinski definition) is 6. The van der Waals surface area contributed by atoms with E-state index in [-0.39, 0.29) is 11.9 Å². The number of carbonyl (C=O) groups excluding carboxylic acids is 1. The number of aryl methyl sites for hydroxylation is 1. The van der Waals surface area contributed by atoms with Crippen LogP contribution >= 0.6 is 12.2 Å². The van der Waals surface area contributed by atoms with Crippen molar-refractivity contribution < 1.29 is 13.8 Å². The number of hydroxylamine groups is 1. The molecule has 0 unspecified atom stereocenters. The van der Waals surface area contributed by atoms with Crippen LogP contribution in [0.25, 0.3) is 33.8 Å². The van der Waals surface area contributed by atoms with E-state index in [0.29, 0.717) is 24.1 Å². The molecule has 2 aromatic carbocycles. The Morgan fingerprint density at radius 1 is 1.11 bits per heavy atom. The zero-order valence-electron chi connectivity index (χ0n) is 28.9. The van der Waals surface area contributed by atoms with Crippen molar-refractivity contribution in [3.63, 3.8) is 0 Å². The van der Waals surface area contributed by atoms with Gasteiger partial charge in [-0.05, 0) is 125 Å². The molecule has 2 aliphatic rings. The molecule has 1 saturated carbocycles. The van der Waals surface area contributed by atoms with E-state index < -0.39 is 0 Å². The first-order valence-corrected chi connectivity index (χ1v) is 17.9. The largest absolute Gasteiger partial charge is 0.497 e. The number of carbonyl (C=O) groups is 1. The highest BCUT2D eigenvalue weighted by molar-refractivity contribution is 7.92. The summed E-state index contributed by atoms with van der Waals surface area (Å²) < 4.78 is 18.0. The molecule has 1 N–H and O–H groups in total. The Morgan fingerprint density at radius 3 is 2.53 bits per heavy atom.